The number of carbonyl (C=O) groups is 3. The van der Waals surface area contributed by atoms with E-state index in [0.29, 0.717) is 43.4 Å². The molecule has 9 heteroatoms. The Bertz CT molecular complexity index is 895. The van der Waals surface area contributed by atoms with Crippen molar-refractivity contribution < 1.29 is 19.1 Å². The molecule has 9 nitrogen and oxygen atoms in total. The van der Waals surface area contributed by atoms with Crippen LogP contribution in [0.4, 0.5) is 16.3 Å². The number of hydrogen-bond acceptors (Lipinski definition) is 5. The van der Waals surface area contributed by atoms with E-state index in [1.807, 2.05) is 13.0 Å². The van der Waals surface area contributed by atoms with Crippen LogP contribution in [-0.2, 0) is 9.53 Å². The van der Waals surface area contributed by atoms with E-state index in [1.54, 1.807) is 41.4 Å². The molecule has 0 radical (unpaired) electrons. The Morgan fingerprint density at radius 3 is 2.57 bits per heavy atom. The summed E-state index contributed by atoms with van der Waals surface area (Å²) >= 11 is 0. The van der Waals surface area contributed by atoms with Gasteiger partial charge >= 0.3 is 6.03 Å². The first-order valence-corrected chi connectivity index (χ1v) is 9.76. The minimum atomic E-state index is -0.488. The van der Waals surface area contributed by atoms with E-state index in [4.69, 9.17) is 4.74 Å². The third-order valence-electron chi connectivity index (χ3n) is 4.52. The standard InChI is InChI=1S/C21H25N5O4/c1-15-6-7-18(23-14-15)25-19(27)8-9-22-21(29)24-17-5-3-2-4-16(17)20(28)26-10-12-30-13-11-26/h2-7,14H,8-13H2,1H3,(H2,22,24,29)(H,23,25,27). The van der Waals surface area contributed by atoms with Crippen molar-refractivity contribution in [2.24, 2.45) is 0 Å². The number of benzene rings is 1. The van der Waals surface area contributed by atoms with Crippen molar-refractivity contribution >= 4 is 29.4 Å². The second-order valence-corrected chi connectivity index (χ2v) is 6.85. The van der Waals surface area contributed by atoms with Gasteiger partial charge in [-0.3, -0.25) is 9.59 Å². The predicted octanol–water partition coefficient (Wildman–Crippen LogP) is 2.01. The fraction of sp³-hybridized carbons (Fsp3) is 0.333. The van der Waals surface area contributed by atoms with Crippen LogP contribution in [0.1, 0.15) is 22.3 Å². The number of aryl methyl sites for hydroxylation is 1. The van der Waals surface area contributed by atoms with Crippen LogP contribution in [0.15, 0.2) is 42.6 Å². The van der Waals surface area contributed by atoms with Gasteiger partial charge < -0.3 is 25.6 Å². The van der Waals surface area contributed by atoms with Crippen LogP contribution >= 0.6 is 0 Å². The first-order chi connectivity index (χ1) is 14.5. The second kappa shape index (κ2) is 10.4. The maximum Gasteiger partial charge on any atom is 0.319 e. The average Bonchev–Trinajstić information content (AvgIpc) is 2.76. The summed E-state index contributed by atoms with van der Waals surface area (Å²) in [7, 11) is 0. The fourth-order valence-corrected chi connectivity index (χ4v) is 2.92. The molecule has 0 atom stereocenters. The van der Waals surface area contributed by atoms with Crippen molar-refractivity contribution in [1.82, 2.24) is 15.2 Å². The van der Waals surface area contributed by atoms with Crippen molar-refractivity contribution in [3.63, 3.8) is 0 Å². The number of morpholine rings is 1. The number of rotatable bonds is 6. The minimum absolute atomic E-state index is 0.0946. The summed E-state index contributed by atoms with van der Waals surface area (Å²) < 4.78 is 5.28. The number of amides is 4. The first-order valence-electron chi connectivity index (χ1n) is 9.76. The summed E-state index contributed by atoms with van der Waals surface area (Å²) in [5.41, 5.74) is 1.83. The number of anilines is 2. The molecule has 1 aliphatic heterocycles. The molecule has 1 aromatic carbocycles. The number of para-hydroxylation sites is 1. The Kier molecular flexibility index (Phi) is 7.34. The summed E-state index contributed by atoms with van der Waals surface area (Å²) in [6, 6.07) is 9.92. The zero-order chi connectivity index (χ0) is 21.3. The van der Waals surface area contributed by atoms with Crippen molar-refractivity contribution in [3.05, 3.63) is 53.7 Å². The molecule has 4 amide bonds. The van der Waals surface area contributed by atoms with Gasteiger partial charge in [0.05, 0.1) is 24.5 Å². The Balaban J connectivity index is 1.48. The van der Waals surface area contributed by atoms with Crippen LogP contribution in [0, 0.1) is 6.92 Å². The van der Waals surface area contributed by atoms with Crippen molar-refractivity contribution in [2.75, 3.05) is 43.5 Å². The molecule has 0 bridgehead atoms. The predicted molar refractivity (Wildman–Crippen MR) is 112 cm³/mol. The molecule has 0 unspecified atom stereocenters. The molecule has 1 fully saturated rings. The Morgan fingerprint density at radius 1 is 1.07 bits per heavy atom. The SMILES string of the molecule is Cc1ccc(NC(=O)CCNC(=O)Nc2ccccc2C(=O)N2CCOCC2)nc1. The molecule has 2 aromatic rings. The number of nitrogens with one attached hydrogen (secondary N) is 3. The van der Waals surface area contributed by atoms with Gasteiger partial charge in [-0.05, 0) is 30.7 Å². The van der Waals surface area contributed by atoms with Crippen LogP contribution in [-0.4, -0.2) is 60.6 Å². The van der Waals surface area contributed by atoms with Crippen molar-refractivity contribution in [1.29, 1.82) is 0 Å². The zero-order valence-electron chi connectivity index (χ0n) is 16.8. The van der Waals surface area contributed by atoms with Crippen LogP contribution in [0.2, 0.25) is 0 Å². The molecule has 0 spiro atoms. The van der Waals surface area contributed by atoms with Crippen LogP contribution in [0.5, 0.6) is 0 Å². The van der Waals surface area contributed by atoms with E-state index in [-0.39, 0.29) is 24.8 Å². The first kappa shape index (κ1) is 21.3. The summed E-state index contributed by atoms with van der Waals surface area (Å²) in [4.78, 5) is 42.7. The van der Waals surface area contributed by atoms with E-state index >= 15 is 0 Å². The molecule has 1 aliphatic rings. The lowest BCUT2D eigenvalue weighted by Gasteiger charge is -2.27. The Morgan fingerprint density at radius 2 is 1.83 bits per heavy atom. The summed E-state index contributed by atoms with van der Waals surface area (Å²) in [5.74, 6) is 0.0549. The second-order valence-electron chi connectivity index (χ2n) is 6.85. The van der Waals surface area contributed by atoms with Crippen molar-refractivity contribution in [3.8, 4) is 0 Å². The highest BCUT2D eigenvalue weighted by molar-refractivity contribution is 6.03. The minimum Gasteiger partial charge on any atom is -0.378 e. The van der Waals surface area contributed by atoms with Crippen LogP contribution < -0.4 is 16.0 Å². The molecule has 0 aliphatic carbocycles. The van der Waals surface area contributed by atoms with Gasteiger partial charge in [0.1, 0.15) is 5.82 Å². The number of aromatic nitrogens is 1. The van der Waals surface area contributed by atoms with Gasteiger partial charge in [0.25, 0.3) is 5.91 Å². The van der Waals surface area contributed by atoms with Gasteiger partial charge in [-0.2, -0.15) is 0 Å². The zero-order valence-corrected chi connectivity index (χ0v) is 16.8. The van der Waals surface area contributed by atoms with E-state index in [2.05, 4.69) is 20.9 Å². The molecule has 3 N–H and O–H groups in total. The average molecular weight is 411 g/mol. The van der Waals surface area contributed by atoms with E-state index in [0.717, 1.165) is 5.56 Å². The van der Waals surface area contributed by atoms with Gasteiger partial charge in [0.2, 0.25) is 5.91 Å². The molecular formula is C21H25N5O4. The molecular weight excluding hydrogens is 386 g/mol. The maximum absolute atomic E-state index is 12.7. The van der Waals surface area contributed by atoms with E-state index < -0.39 is 6.03 Å². The van der Waals surface area contributed by atoms with Crippen molar-refractivity contribution in [2.45, 2.75) is 13.3 Å². The maximum atomic E-state index is 12.7. The Labute approximate surface area is 174 Å². The number of urea groups is 1. The smallest absolute Gasteiger partial charge is 0.319 e. The quantitative estimate of drug-likeness (QED) is 0.673. The highest BCUT2D eigenvalue weighted by atomic mass is 16.5. The van der Waals surface area contributed by atoms with Crippen LogP contribution in [0.25, 0.3) is 0 Å². The molecule has 0 saturated carbocycles. The van der Waals surface area contributed by atoms with E-state index in [1.165, 1.54) is 0 Å². The highest BCUT2D eigenvalue weighted by Gasteiger charge is 2.21. The summed E-state index contributed by atoms with van der Waals surface area (Å²) in [6.45, 7) is 4.09. The normalized spacial score (nSPS) is 13.4. The lowest BCUT2D eigenvalue weighted by atomic mass is 10.1. The summed E-state index contributed by atoms with van der Waals surface area (Å²) in [5, 5.41) is 7.98. The molecule has 30 heavy (non-hydrogen) atoms. The van der Waals surface area contributed by atoms with Crippen LogP contribution in [0.3, 0.4) is 0 Å². The number of nitrogens with zero attached hydrogens (tertiary/aromatic N) is 2. The topological polar surface area (TPSA) is 113 Å². The number of hydrogen-bond donors (Lipinski definition) is 3. The third-order valence-corrected chi connectivity index (χ3v) is 4.52. The monoisotopic (exact) mass is 411 g/mol. The van der Waals surface area contributed by atoms with E-state index in [9.17, 15) is 14.4 Å². The van der Waals surface area contributed by atoms with Gasteiger partial charge in [-0.15, -0.1) is 0 Å². The fourth-order valence-electron chi connectivity index (χ4n) is 2.92. The third kappa shape index (κ3) is 6.02. The highest BCUT2D eigenvalue weighted by Crippen LogP contribution is 2.18. The van der Waals surface area contributed by atoms with Gasteiger partial charge in [-0.25, -0.2) is 9.78 Å². The lowest BCUT2D eigenvalue weighted by Crippen LogP contribution is -2.41. The number of pyridine rings is 1. The van der Waals surface area contributed by atoms with Gasteiger partial charge in [0, 0.05) is 32.3 Å². The lowest BCUT2D eigenvalue weighted by molar-refractivity contribution is -0.116. The number of carbonyl (C=O) groups excluding carboxylic acids is 3. The summed E-state index contributed by atoms with van der Waals surface area (Å²) in [6.07, 6.45) is 1.76. The number of ether oxygens (including phenoxy) is 1. The molecule has 2 heterocycles. The molecule has 1 saturated heterocycles. The van der Waals surface area contributed by atoms with Gasteiger partial charge in [-0.1, -0.05) is 18.2 Å². The molecule has 1 aromatic heterocycles. The largest absolute Gasteiger partial charge is 0.378 e. The Hall–Kier alpha value is -3.46. The molecule has 158 valence electrons. The van der Waals surface area contributed by atoms with Gasteiger partial charge in [0.15, 0.2) is 0 Å². The molecule has 3 rings (SSSR count).